The highest BCUT2D eigenvalue weighted by molar-refractivity contribution is 5.79. The highest BCUT2D eigenvalue weighted by Gasteiger charge is 2.07. The van der Waals surface area contributed by atoms with Gasteiger partial charge >= 0.3 is 0 Å². The third kappa shape index (κ3) is 4.19. The first-order chi connectivity index (χ1) is 12.0. The van der Waals surface area contributed by atoms with Crippen molar-refractivity contribution in [1.29, 1.82) is 0 Å². The molecule has 0 atom stereocenters. The van der Waals surface area contributed by atoms with E-state index in [9.17, 15) is 4.79 Å². The third-order valence-corrected chi connectivity index (χ3v) is 4.02. The van der Waals surface area contributed by atoms with Crippen molar-refractivity contribution in [2.75, 3.05) is 18.5 Å². The normalized spacial score (nSPS) is 11.0. The van der Waals surface area contributed by atoms with Gasteiger partial charge in [-0.2, -0.15) is 5.10 Å². The van der Waals surface area contributed by atoms with Crippen LogP contribution >= 0.6 is 0 Å². The van der Waals surface area contributed by atoms with Gasteiger partial charge in [-0.3, -0.25) is 9.48 Å². The molecule has 3 aromatic rings. The van der Waals surface area contributed by atoms with Crippen LogP contribution in [0.25, 0.3) is 11.0 Å². The number of aliphatic hydroxyl groups excluding tert-OH is 1. The number of amides is 1. The summed E-state index contributed by atoms with van der Waals surface area (Å²) in [5.74, 6) is 0.653. The summed E-state index contributed by atoms with van der Waals surface area (Å²) in [7, 11) is 0. The molecule has 3 rings (SSSR count). The zero-order valence-electron chi connectivity index (χ0n) is 14.4. The molecule has 25 heavy (non-hydrogen) atoms. The van der Waals surface area contributed by atoms with E-state index in [1.807, 2.05) is 6.07 Å². The molecule has 0 saturated heterocycles. The predicted octanol–water partition coefficient (Wildman–Crippen LogP) is 1.97. The summed E-state index contributed by atoms with van der Waals surface area (Å²) in [6, 6.07) is 6.21. The maximum Gasteiger partial charge on any atom is 0.241 e. The van der Waals surface area contributed by atoms with Crippen molar-refractivity contribution in [3.63, 3.8) is 0 Å². The minimum Gasteiger partial charge on any atom is -0.459 e. The molecule has 0 saturated carbocycles. The van der Waals surface area contributed by atoms with Crippen LogP contribution in [0.1, 0.15) is 16.9 Å². The Morgan fingerprint density at radius 1 is 1.28 bits per heavy atom. The molecule has 132 valence electrons. The zero-order valence-corrected chi connectivity index (χ0v) is 14.4. The molecule has 0 aliphatic rings. The lowest BCUT2D eigenvalue weighted by Gasteiger charge is -2.03. The SMILES string of the molecule is Cc1cc2cc(CNc3cnn(CC(=O)NCCO)c3)oc2cc1C. The molecule has 0 radical (unpaired) electrons. The van der Waals surface area contributed by atoms with Crippen molar-refractivity contribution >= 4 is 22.6 Å². The Labute approximate surface area is 145 Å². The van der Waals surface area contributed by atoms with Crippen LogP contribution < -0.4 is 10.6 Å². The van der Waals surface area contributed by atoms with Gasteiger partial charge in [0.1, 0.15) is 17.9 Å². The van der Waals surface area contributed by atoms with E-state index >= 15 is 0 Å². The smallest absolute Gasteiger partial charge is 0.241 e. The van der Waals surface area contributed by atoms with E-state index in [1.54, 1.807) is 17.1 Å². The van der Waals surface area contributed by atoms with Gasteiger partial charge in [-0.15, -0.1) is 0 Å². The molecule has 0 spiro atoms. The van der Waals surface area contributed by atoms with Crippen LogP contribution in [0, 0.1) is 13.8 Å². The van der Waals surface area contributed by atoms with Crippen molar-refractivity contribution < 1.29 is 14.3 Å². The number of benzene rings is 1. The van der Waals surface area contributed by atoms with Crippen molar-refractivity contribution in [2.45, 2.75) is 26.9 Å². The number of carbonyl (C=O) groups is 1. The number of nitrogens with one attached hydrogen (secondary N) is 2. The van der Waals surface area contributed by atoms with Crippen molar-refractivity contribution in [1.82, 2.24) is 15.1 Å². The number of hydrogen-bond acceptors (Lipinski definition) is 5. The molecule has 2 heterocycles. The average Bonchev–Trinajstić information content (AvgIpc) is 3.18. The molecule has 0 aliphatic carbocycles. The van der Waals surface area contributed by atoms with Gasteiger partial charge < -0.3 is 20.2 Å². The second-order valence-electron chi connectivity index (χ2n) is 6.04. The Morgan fingerprint density at radius 3 is 2.88 bits per heavy atom. The van der Waals surface area contributed by atoms with Gasteiger partial charge in [0.05, 0.1) is 25.0 Å². The summed E-state index contributed by atoms with van der Waals surface area (Å²) >= 11 is 0. The summed E-state index contributed by atoms with van der Waals surface area (Å²) in [5.41, 5.74) is 4.15. The first-order valence-corrected chi connectivity index (χ1v) is 8.18. The molecule has 0 aliphatic heterocycles. The number of aliphatic hydroxyl groups is 1. The number of nitrogens with zero attached hydrogens (tertiary/aromatic N) is 2. The van der Waals surface area contributed by atoms with Crippen molar-refractivity contribution in [2.24, 2.45) is 0 Å². The van der Waals surface area contributed by atoms with Crippen LogP contribution in [0.5, 0.6) is 0 Å². The van der Waals surface area contributed by atoms with Gasteiger partial charge in [0, 0.05) is 18.1 Å². The number of furan rings is 1. The summed E-state index contributed by atoms with van der Waals surface area (Å²) < 4.78 is 7.41. The Kier molecular flexibility index (Phi) is 5.04. The highest BCUT2D eigenvalue weighted by atomic mass is 16.3. The second-order valence-corrected chi connectivity index (χ2v) is 6.04. The summed E-state index contributed by atoms with van der Waals surface area (Å²) in [4.78, 5) is 11.6. The van der Waals surface area contributed by atoms with Gasteiger partial charge in [-0.05, 0) is 43.2 Å². The van der Waals surface area contributed by atoms with E-state index in [0.717, 1.165) is 22.4 Å². The standard InChI is InChI=1S/C18H22N4O3/c1-12-5-14-7-16(25-17(14)6-13(12)2)9-20-15-8-21-22(10-15)11-18(24)19-3-4-23/h5-8,10,20,23H,3-4,9,11H2,1-2H3,(H,19,24). The van der Waals surface area contributed by atoms with Gasteiger partial charge in [0.25, 0.3) is 0 Å². The van der Waals surface area contributed by atoms with E-state index in [1.165, 1.54) is 11.1 Å². The molecule has 2 aromatic heterocycles. The molecule has 3 N–H and O–H groups in total. The van der Waals surface area contributed by atoms with Crippen LogP contribution in [-0.2, 0) is 17.9 Å². The van der Waals surface area contributed by atoms with Gasteiger partial charge in [0.2, 0.25) is 5.91 Å². The zero-order chi connectivity index (χ0) is 17.8. The van der Waals surface area contributed by atoms with E-state index in [2.05, 4.69) is 41.7 Å². The quantitative estimate of drug-likeness (QED) is 0.610. The van der Waals surface area contributed by atoms with Crippen LogP contribution in [0.3, 0.4) is 0 Å². The molecule has 0 unspecified atom stereocenters. The fourth-order valence-electron chi connectivity index (χ4n) is 2.57. The van der Waals surface area contributed by atoms with Crippen molar-refractivity contribution in [3.05, 3.63) is 47.5 Å². The second kappa shape index (κ2) is 7.40. The first kappa shape index (κ1) is 17.0. The number of fused-ring (bicyclic) bond motifs is 1. The largest absolute Gasteiger partial charge is 0.459 e. The monoisotopic (exact) mass is 342 g/mol. The van der Waals surface area contributed by atoms with Crippen LogP contribution in [0.15, 0.2) is 35.0 Å². The molecule has 0 bridgehead atoms. The Morgan fingerprint density at radius 2 is 2.08 bits per heavy atom. The lowest BCUT2D eigenvalue weighted by Crippen LogP contribution is -2.30. The number of rotatable bonds is 7. The van der Waals surface area contributed by atoms with E-state index in [4.69, 9.17) is 9.52 Å². The maximum atomic E-state index is 11.6. The number of carbonyl (C=O) groups excluding carboxylic acids is 1. The minimum atomic E-state index is -0.188. The molecule has 1 amide bonds. The fourth-order valence-corrected chi connectivity index (χ4v) is 2.57. The van der Waals surface area contributed by atoms with E-state index in [0.29, 0.717) is 6.54 Å². The molecule has 0 fully saturated rings. The van der Waals surface area contributed by atoms with Crippen LogP contribution in [-0.4, -0.2) is 33.9 Å². The molecular weight excluding hydrogens is 320 g/mol. The number of aryl methyl sites for hydroxylation is 2. The summed E-state index contributed by atoms with van der Waals surface area (Å²) in [6.07, 6.45) is 3.42. The van der Waals surface area contributed by atoms with E-state index in [-0.39, 0.29) is 25.6 Å². The topological polar surface area (TPSA) is 92.3 Å². The number of aromatic nitrogens is 2. The minimum absolute atomic E-state index is 0.0752. The lowest BCUT2D eigenvalue weighted by molar-refractivity contribution is -0.122. The summed E-state index contributed by atoms with van der Waals surface area (Å²) in [6.45, 7) is 4.98. The molecular formula is C18H22N4O3. The third-order valence-electron chi connectivity index (χ3n) is 4.02. The van der Waals surface area contributed by atoms with Crippen LogP contribution in [0.4, 0.5) is 5.69 Å². The molecule has 1 aromatic carbocycles. The van der Waals surface area contributed by atoms with Gasteiger partial charge in [-0.1, -0.05) is 0 Å². The first-order valence-electron chi connectivity index (χ1n) is 8.18. The molecule has 7 nitrogen and oxygen atoms in total. The lowest BCUT2D eigenvalue weighted by atomic mass is 10.1. The van der Waals surface area contributed by atoms with Gasteiger partial charge in [-0.25, -0.2) is 0 Å². The Balaban J connectivity index is 1.59. The Hall–Kier alpha value is -2.80. The summed E-state index contributed by atoms with van der Waals surface area (Å²) in [5, 5.41) is 19.8. The van der Waals surface area contributed by atoms with Gasteiger partial charge in [0.15, 0.2) is 0 Å². The predicted molar refractivity (Wildman–Crippen MR) is 95.3 cm³/mol. The van der Waals surface area contributed by atoms with Crippen molar-refractivity contribution in [3.8, 4) is 0 Å². The van der Waals surface area contributed by atoms with Crippen LogP contribution in [0.2, 0.25) is 0 Å². The average molecular weight is 342 g/mol. The maximum absolute atomic E-state index is 11.6. The number of anilines is 1. The molecule has 7 heteroatoms. The fraction of sp³-hybridized carbons (Fsp3) is 0.333. The highest BCUT2D eigenvalue weighted by Crippen LogP contribution is 2.23. The Bertz CT molecular complexity index is 843. The number of hydrogen-bond donors (Lipinski definition) is 3. The van der Waals surface area contributed by atoms with E-state index < -0.39 is 0 Å².